The van der Waals surface area contributed by atoms with E-state index >= 15 is 0 Å². The fourth-order valence-corrected chi connectivity index (χ4v) is 4.38. The van der Waals surface area contributed by atoms with Gasteiger partial charge in [-0.05, 0) is 45.6 Å². The van der Waals surface area contributed by atoms with Gasteiger partial charge in [-0.15, -0.1) is 11.3 Å². The van der Waals surface area contributed by atoms with Crippen LogP contribution in [0.25, 0.3) is 0 Å². The Morgan fingerprint density at radius 3 is 2.79 bits per heavy atom. The molecule has 0 spiro atoms. The van der Waals surface area contributed by atoms with Gasteiger partial charge in [0.15, 0.2) is 0 Å². The zero-order chi connectivity index (χ0) is 14.0. The Morgan fingerprint density at radius 1 is 1.37 bits per heavy atom. The third kappa shape index (κ3) is 3.14. The molecule has 8 heteroatoms. The van der Waals surface area contributed by atoms with Crippen LogP contribution in [0.15, 0.2) is 39.0 Å². The first-order valence-electron chi connectivity index (χ1n) is 5.18. The van der Waals surface area contributed by atoms with Crippen LogP contribution in [0.4, 0.5) is 10.1 Å². The monoisotopic (exact) mass is 364 g/mol. The van der Waals surface area contributed by atoms with E-state index in [1.807, 2.05) is 0 Å². The SMILES string of the molecule is NCc1sccc1S(=O)(=O)Nc1cc(F)ccc1Br. The second kappa shape index (κ2) is 5.58. The summed E-state index contributed by atoms with van der Waals surface area (Å²) in [7, 11) is -3.77. The third-order valence-electron chi connectivity index (χ3n) is 2.35. The molecule has 0 aliphatic rings. The number of anilines is 1. The fraction of sp³-hybridized carbons (Fsp3) is 0.0909. The molecule has 1 aromatic carbocycles. The van der Waals surface area contributed by atoms with E-state index < -0.39 is 15.8 Å². The second-order valence-electron chi connectivity index (χ2n) is 3.64. The van der Waals surface area contributed by atoms with Gasteiger partial charge in [0.25, 0.3) is 10.0 Å². The molecule has 1 aromatic heterocycles. The van der Waals surface area contributed by atoms with Gasteiger partial charge in [-0.3, -0.25) is 4.72 Å². The van der Waals surface area contributed by atoms with E-state index in [4.69, 9.17) is 5.73 Å². The van der Waals surface area contributed by atoms with Crippen molar-refractivity contribution in [1.29, 1.82) is 0 Å². The normalized spacial score (nSPS) is 11.5. The minimum absolute atomic E-state index is 0.121. The molecular formula is C11H10BrFN2O2S2. The van der Waals surface area contributed by atoms with E-state index in [0.29, 0.717) is 9.35 Å². The highest BCUT2D eigenvalue weighted by atomic mass is 79.9. The van der Waals surface area contributed by atoms with Gasteiger partial charge in [-0.25, -0.2) is 12.8 Å². The molecule has 0 radical (unpaired) electrons. The van der Waals surface area contributed by atoms with Crippen LogP contribution in [0.1, 0.15) is 4.88 Å². The van der Waals surface area contributed by atoms with Gasteiger partial charge >= 0.3 is 0 Å². The summed E-state index contributed by atoms with van der Waals surface area (Å²) in [5, 5.41) is 1.65. The molecule has 102 valence electrons. The number of nitrogens with two attached hydrogens (primary N) is 1. The van der Waals surface area contributed by atoms with Gasteiger partial charge in [0.05, 0.1) is 5.69 Å². The number of nitrogens with one attached hydrogen (secondary N) is 1. The fourth-order valence-electron chi connectivity index (χ4n) is 1.49. The minimum atomic E-state index is -3.77. The smallest absolute Gasteiger partial charge is 0.263 e. The van der Waals surface area contributed by atoms with Crippen molar-refractivity contribution in [2.24, 2.45) is 5.73 Å². The molecule has 0 aliphatic carbocycles. The van der Waals surface area contributed by atoms with Crippen molar-refractivity contribution in [3.8, 4) is 0 Å². The molecule has 19 heavy (non-hydrogen) atoms. The largest absolute Gasteiger partial charge is 0.326 e. The van der Waals surface area contributed by atoms with Crippen molar-refractivity contribution in [2.45, 2.75) is 11.4 Å². The van der Waals surface area contributed by atoms with Crippen LogP contribution in [0, 0.1) is 5.82 Å². The molecule has 0 aliphatic heterocycles. The maximum Gasteiger partial charge on any atom is 0.263 e. The Labute approximate surface area is 122 Å². The second-order valence-corrected chi connectivity index (χ2v) is 7.15. The molecule has 3 N–H and O–H groups in total. The third-order valence-corrected chi connectivity index (χ3v) is 5.57. The Morgan fingerprint density at radius 2 is 2.11 bits per heavy atom. The van der Waals surface area contributed by atoms with Crippen molar-refractivity contribution >= 4 is 43.0 Å². The van der Waals surface area contributed by atoms with E-state index in [1.165, 1.54) is 29.5 Å². The van der Waals surface area contributed by atoms with Crippen LogP contribution in [-0.4, -0.2) is 8.42 Å². The number of hydrogen-bond acceptors (Lipinski definition) is 4. The Balaban J connectivity index is 2.39. The lowest BCUT2D eigenvalue weighted by atomic mass is 10.3. The van der Waals surface area contributed by atoms with Crippen molar-refractivity contribution in [1.82, 2.24) is 0 Å². The molecule has 4 nitrogen and oxygen atoms in total. The van der Waals surface area contributed by atoms with Crippen molar-refractivity contribution in [3.63, 3.8) is 0 Å². The molecule has 0 unspecified atom stereocenters. The number of rotatable bonds is 4. The van der Waals surface area contributed by atoms with Gasteiger partial charge in [0.2, 0.25) is 0 Å². The van der Waals surface area contributed by atoms with E-state index in [2.05, 4.69) is 20.7 Å². The first-order chi connectivity index (χ1) is 8.94. The van der Waals surface area contributed by atoms with E-state index in [-0.39, 0.29) is 17.1 Å². The molecular weight excluding hydrogens is 355 g/mol. The number of benzene rings is 1. The van der Waals surface area contributed by atoms with Crippen LogP contribution in [-0.2, 0) is 16.6 Å². The van der Waals surface area contributed by atoms with Crippen LogP contribution >= 0.6 is 27.3 Å². The predicted octanol–water partition coefficient (Wildman–Crippen LogP) is 2.91. The highest BCUT2D eigenvalue weighted by Crippen LogP contribution is 2.28. The van der Waals surface area contributed by atoms with Gasteiger partial charge in [0, 0.05) is 15.9 Å². The predicted molar refractivity (Wildman–Crippen MR) is 77.1 cm³/mol. The van der Waals surface area contributed by atoms with E-state index in [9.17, 15) is 12.8 Å². The average Bonchev–Trinajstić information content (AvgIpc) is 2.82. The molecule has 0 bridgehead atoms. The topological polar surface area (TPSA) is 72.2 Å². The van der Waals surface area contributed by atoms with E-state index in [0.717, 1.165) is 6.07 Å². The Kier molecular flexibility index (Phi) is 4.24. The molecule has 2 aromatic rings. The molecule has 0 fully saturated rings. The lowest BCUT2D eigenvalue weighted by Crippen LogP contribution is -2.15. The number of thiophene rings is 1. The van der Waals surface area contributed by atoms with Crippen LogP contribution < -0.4 is 10.5 Å². The van der Waals surface area contributed by atoms with E-state index in [1.54, 1.807) is 5.38 Å². The molecule has 0 saturated heterocycles. The van der Waals surface area contributed by atoms with Gasteiger partial charge in [-0.2, -0.15) is 0 Å². The molecule has 0 amide bonds. The Hall–Kier alpha value is -0.960. The summed E-state index contributed by atoms with van der Waals surface area (Å²) in [4.78, 5) is 0.677. The number of halogens is 2. The summed E-state index contributed by atoms with van der Waals surface area (Å²) in [6.45, 7) is 0.137. The summed E-state index contributed by atoms with van der Waals surface area (Å²) in [5.41, 5.74) is 5.64. The highest BCUT2D eigenvalue weighted by Gasteiger charge is 2.20. The molecule has 2 rings (SSSR count). The Bertz CT molecular complexity index is 700. The lowest BCUT2D eigenvalue weighted by Gasteiger charge is -2.10. The van der Waals surface area contributed by atoms with Crippen molar-refractivity contribution < 1.29 is 12.8 Å². The van der Waals surface area contributed by atoms with Crippen molar-refractivity contribution in [3.05, 3.63) is 44.8 Å². The van der Waals surface area contributed by atoms with Gasteiger partial charge in [0.1, 0.15) is 10.7 Å². The summed E-state index contributed by atoms with van der Waals surface area (Å²) in [6, 6.07) is 5.25. The maximum atomic E-state index is 13.1. The van der Waals surface area contributed by atoms with Crippen LogP contribution in [0.3, 0.4) is 0 Å². The summed E-state index contributed by atoms with van der Waals surface area (Å²) >= 11 is 4.43. The number of sulfonamides is 1. The van der Waals surface area contributed by atoms with Crippen molar-refractivity contribution in [2.75, 3.05) is 4.72 Å². The highest BCUT2D eigenvalue weighted by molar-refractivity contribution is 9.10. The maximum absolute atomic E-state index is 13.1. The van der Waals surface area contributed by atoms with Crippen LogP contribution in [0.5, 0.6) is 0 Å². The lowest BCUT2D eigenvalue weighted by molar-refractivity contribution is 0.600. The summed E-state index contributed by atoms with van der Waals surface area (Å²) in [5.74, 6) is -0.523. The quantitative estimate of drug-likeness (QED) is 0.875. The molecule has 0 atom stereocenters. The first-order valence-corrected chi connectivity index (χ1v) is 8.34. The zero-order valence-electron chi connectivity index (χ0n) is 9.56. The average molecular weight is 365 g/mol. The minimum Gasteiger partial charge on any atom is -0.326 e. The van der Waals surface area contributed by atoms with Gasteiger partial charge < -0.3 is 5.73 Å². The number of hydrogen-bond donors (Lipinski definition) is 2. The van der Waals surface area contributed by atoms with Gasteiger partial charge in [-0.1, -0.05) is 0 Å². The molecule has 1 heterocycles. The zero-order valence-corrected chi connectivity index (χ0v) is 12.8. The van der Waals surface area contributed by atoms with Crippen LogP contribution in [0.2, 0.25) is 0 Å². The summed E-state index contributed by atoms with van der Waals surface area (Å²) < 4.78 is 40.3. The standard InChI is InChI=1S/C11H10BrFN2O2S2/c12-8-2-1-7(13)5-9(8)15-19(16,17)11-3-4-18-10(11)6-14/h1-5,15H,6,14H2. The molecule has 0 saturated carbocycles. The first kappa shape index (κ1) is 14.4. The summed E-state index contributed by atoms with van der Waals surface area (Å²) in [6.07, 6.45) is 0.